The van der Waals surface area contributed by atoms with E-state index in [0.29, 0.717) is 13.0 Å². The average molecular weight is 331 g/mol. The van der Waals surface area contributed by atoms with Gasteiger partial charge in [-0.05, 0) is 40.0 Å². The summed E-state index contributed by atoms with van der Waals surface area (Å²) in [7, 11) is 6.65. The predicted octanol–water partition coefficient (Wildman–Crippen LogP) is 2.28. The van der Waals surface area contributed by atoms with Crippen molar-refractivity contribution in [2.45, 2.75) is 6.42 Å². The Morgan fingerprint density at radius 2 is 1.89 bits per heavy atom. The highest BCUT2D eigenvalue weighted by Crippen LogP contribution is 2.32. The van der Waals surface area contributed by atoms with Gasteiger partial charge in [-0.1, -0.05) is 0 Å². The molecule has 0 aliphatic carbocycles. The third-order valence-corrected chi connectivity index (χ3v) is 3.25. The second-order valence-electron chi connectivity index (χ2n) is 4.17. The molecule has 1 aromatic carbocycles. The van der Waals surface area contributed by atoms with Gasteiger partial charge in [0.05, 0.1) is 18.7 Å². The van der Waals surface area contributed by atoms with Crippen molar-refractivity contribution in [2.75, 3.05) is 34.9 Å². The Hall–Kier alpha value is -1.43. The number of carbonyl (C=O) groups is 1. The number of ether oxygens (including phenoxy) is 2. The van der Waals surface area contributed by atoms with Crippen molar-refractivity contribution in [3.05, 3.63) is 22.2 Å². The average Bonchev–Trinajstić information content (AvgIpc) is 2.39. The quantitative estimate of drug-likeness (QED) is 0.901. The molecule has 0 fully saturated rings. The number of rotatable bonds is 5. The summed E-state index contributed by atoms with van der Waals surface area (Å²) in [5.74, 6) is 1.52. The van der Waals surface area contributed by atoms with Gasteiger partial charge in [0.1, 0.15) is 11.5 Å². The number of halogens is 1. The summed E-state index contributed by atoms with van der Waals surface area (Å²) in [6.45, 7) is 0.540. The van der Waals surface area contributed by atoms with Crippen molar-refractivity contribution in [2.24, 2.45) is 0 Å². The molecule has 1 N–H and O–H groups in total. The molecule has 0 bridgehead atoms. The maximum Gasteiger partial charge on any atom is 0.316 e. The van der Waals surface area contributed by atoms with E-state index in [9.17, 15) is 4.79 Å². The van der Waals surface area contributed by atoms with E-state index in [-0.39, 0.29) is 6.03 Å². The van der Waals surface area contributed by atoms with Gasteiger partial charge in [-0.2, -0.15) is 0 Å². The second-order valence-corrected chi connectivity index (χ2v) is 5.03. The lowest BCUT2D eigenvalue weighted by atomic mass is 10.1. The summed E-state index contributed by atoms with van der Waals surface area (Å²) in [5.41, 5.74) is 0.988. The van der Waals surface area contributed by atoms with Crippen LogP contribution in [0.15, 0.2) is 16.6 Å². The zero-order valence-electron chi connectivity index (χ0n) is 11.6. The smallest absolute Gasteiger partial charge is 0.316 e. The second kappa shape index (κ2) is 7.23. The molecular formula is C13H19BrN2O3. The largest absolute Gasteiger partial charge is 0.496 e. The van der Waals surface area contributed by atoms with E-state index in [0.717, 1.165) is 21.5 Å². The molecule has 19 heavy (non-hydrogen) atoms. The zero-order chi connectivity index (χ0) is 14.4. The zero-order valence-corrected chi connectivity index (χ0v) is 13.2. The number of carbonyl (C=O) groups excluding carboxylic acids is 1. The first kappa shape index (κ1) is 15.6. The molecule has 0 heterocycles. The molecule has 0 atom stereocenters. The molecule has 0 saturated carbocycles. The Labute approximate surface area is 122 Å². The molecule has 5 nitrogen and oxygen atoms in total. The fourth-order valence-corrected chi connectivity index (χ4v) is 2.07. The normalized spacial score (nSPS) is 9.95. The van der Waals surface area contributed by atoms with Crippen molar-refractivity contribution in [1.29, 1.82) is 0 Å². The Morgan fingerprint density at radius 1 is 1.26 bits per heavy atom. The fourth-order valence-electron chi connectivity index (χ4n) is 1.58. The molecule has 0 aliphatic heterocycles. The number of methoxy groups -OCH3 is 2. The van der Waals surface area contributed by atoms with Gasteiger partial charge in [-0.15, -0.1) is 0 Å². The van der Waals surface area contributed by atoms with Gasteiger partial charge < -0.3 is 19.7 Å². The van der Waals surface area contributed by atoms with E-state index in [4.69, 9.17) is 9.47 Å². The van der Waals surface area contributed by atoms with E-state index >= 15 is 0 Å². The highest BCUT2D eigenvalue weighted by molar-refractivity contribution is 9.10. The Morgan fingerprint density at radius 3 is 2.42 bits per heavy atom. The summed E-state index contributed by atoms with van der Waals surface area (Å²) >= 11 is 3.41. The van der Waals surface area contributed by atoms with E-state index in [1.54, 1.807) is 28.3 Å². The molecule has 2 amide bonds. The first-order chi connectivity index (χ1) is 8.99. The Bertz CT molecular complexity index is 450. The van der Waals surface area contributed by atoms with E-state index in [2.05, 4.69) is 21.2 Å². The van der Waals surface area contributed by atoms with Crippen molar-refractivity contribution < 1.29 is 14.3 Å². The third-order valence-electron chi connectivity index (χ3n) is 2.63. The third kappa shape index (κ3) is 4.31. The standard InChI is InChI=1S/C13H19BrN2O3/c1-16(2)13(17)15-6-5-9-7-12(19-4)10(14)8-11(9)18-3/h7-8H,5-6H2,1-4H3,(H,15,17). The predicted molar refractivity (Wildman–Crippen MR) is 78.0 cm³/mol. The lowest BCUT2D eigenvalue weighted by Crippen LogP contribution is -2.35. The lowest BCUT2D eigenvalue weighted by molar-refractivity contribution is 0.217. The highest BCUT2D eigenvalue weighted by atomic mass is 79.9. The molecule has 0 saturated heterocycles. The van der Waals surface area contributed by atoms with Crippen LogP contribution in [0, 0.1) is 0 Å². The fraction of sp³-hybridized carbons (Fsp3) is 0.462. The monoisotopic (exact) mass is 330 g/mol. The summed E-state index contributed by atoms with van der Waals surface area (Å²) in [5, 5.41) is 2.81. The maximum absolute atomic E-state index is 11.4. The van der Waals surface area contributed by atoms with Gasteiger partial charge in [-0.3, -0.25) is 0 Å². The van der Waals surface area contributed by atoms with Gasteiger partial charge in [0.2, 0.25) is 0 Å². The first-order valence-electron chi connectivity index (χ1n) is 5.85. The van der Waals surface area contributed by atoms with Crippen molar-refractivity contribution in [1.82, 2.24) is 10.2 Å². The van der Waals surface area contributed by atoms with Crippen LogP contribution in [0.2, 0.25) is 0 Å². The number of urea groups is 1. The molecule has 0 aliphatic rings. The van der Waals surface area contributed by atoms with Crippen LogP contribution in [-0.2, 0) is 6.42 Å². The van der Waals surface area contributed by atoms with Crippen molar-refractivity contribution in [3.8, 4) is 11.5 Å². The number of amides is 2. The molecule has 0 unspecified atom stereocenters. The summed E-state index contributed by atoms with van der Waals surface area (Å²) in [6.07, 6.45) is 0.673. The number of nitrogens with one attached hydrogen (secondary N) is 1. The minimum atomic E-state index is -0.108. The number of benzene rings is 1. The van der Waals surface area contributed by atoms with Crippen LogP contribution in [0.3, 0.4) is 0 Å². The Kier molecular flexibility index (Phi) is 5.95. The van der Waals surface area contributed by atoms with Crippen LogP contribution >= 0.6 is 15.9 Å². The van der Waals surface area contributed by atoms with Gasteiger partial charge >= 0.3 is 6.03 Å². The van der Waals surface area contributed by atoms with Crippen LogP contribution in [-0.4, -0.2) is 45.8 Å². The van der Waals surface area contributed by atoms with Crippen LogP contribution in [0.5, 0.6) is 11.5 Å². The lowest BCUT2D eigenvalue weighted by Gasteiger charge is -2.14. The van der Waals surface area contributed by atoms with E-state index in [1.807, 2.05) is 12.1 Å². The topological polar surface area (TPSA) is 50.8 Å². The van der Waals surface area contributed by atoms with Gasteiger partial charge in [-0.25, -0.2) is 4.79 Å². The van der Waals surface area contributed by atoms with Gasteiger partial charge in [0.25, 0.3) is 0 Å². The first-order valence-corrected chi connectivity index (χ1v) is 6.64. The molecule has 1 rings (SSSR count). The van der Waals surface area contributed by atoms with E-state index in [1.165, 1.54) is 4.90 Å². The van der Waals surface area contributed by atoms with E-state index < -0.39 is 0 Å². The molecule has 0 radical (unpaired) electrons. The molecule has 1 aromatic rings. The number of nitrogens with zero attached hydrogens (tertiary/aromatic N) is 1. The van der Waals surface area contributed by atoms with Gasteiger partial charge in [0, 0.05) is 20.6 Å². The molecular weight excluding hydrogens is 312 g/mol. The van der Waals surface area contributed by atoms with Crippen LogP contribution in [0.4, 0.5) is 4.79 Å². The molecule has 6 heteroatoms. The molecule has 0 spiro atoms. The minimum Gasteiger partial charge on any atom is -0.496 e. The highest BCUT2D eigenvalue weighted by Gasteiger charge is 2.10. The molecule has 0 aromatic heterocycles. The van der Waals surface area contributed by atoms with Crippen LogP contribution in [0.1, 0.15) is 5.56 Å². The SMILES string of the molecule is COc1cc(CCNC(=O)N(C)C)c(OC)cc1Br. The van der Waals surface area contributed by atoms with Crippen molar-refractivity contribution in [3.63, 3.8) is 0 Å². The number of hydrogen-bond donors (Lipinski definition) is 1. The number of hydrogen-bond acceptors (Lipinski definition) is 3. The Balaban J connectivity index is 2.74. The van der Waals surface area contributed by atoms with Crippen LogP contribution in [0.25, 0.3) is 0 Å². The summed E-state index contributed by atoms with van der Waals surface area (Å²) in [6, 6.07) is 3.66. The van der Waals surface area contributed by atoms with Crippen molar-refractivity contribution >= 4 is 22.0 Å². The summed E-state index contributed by atoms with van der Waals surface area (Å²) < 4.78 is 11.4. The molecule has 106 valence electrons. The maximum atomic E-state index is 11.4. The summed E-state index contributed by atoms with van der Waals surface area (Å²) in [4.78, 5) is 12.9. The van der Waals surface area contributed by atoms with Crippen LogP contribution < -0.4 is 14.8 Å². The van der Waals surface area contributed by atoms with Gasteiger partial charge in [0.15, 0.2) is 0 Å². The minimum absolute atomic E-state index is 0.108.